The van der Waals surface area contributed by atoms with Crippen molar-refractivity contribution in [2.45, 2.75) is 25.7 Å². The van der Waals surface area contributed by atoms with Gasteiger partial charge >= 0.3 is 6.36 Å². The van der Waals surface area contributed by atoms with Crippen molar-refractivity contribution in [3.63, 3.8) is 0 Å². The molecular weight excluding hydrogens is 369 g/mol. The number of alkyl halides is 3. The second-order valence-corrected chi connectivity index (χ2v) is 6.22. The molecule has 2 N–H and O–H groups in total. The zero-order valence-corrected chi connectivity index (χ0v) is 14.5. The molecule has 0 aliphatic heterocycles. The molecule has 1 aromatic heterocycles. The van der Waals surface area contributed by atoms with Gasteiger partial charge in [0.15, 0.2) is 0 Å². The number of hydrogen-bond acceptors (Lipinski definition) is 4. The molecule has 1 aromatic carbocycles. The van der Waals surface area contributed by atoms with Gasteiger partial charge in [-0.2, -0.15) is 0 Å². The molecule has 0 aliphatic carbocycles. The molecule has 0 saturated carbocycles. The lowest BCUT2D eigenvalue weighted by atomic mass is 10.2. The largest absolute Gasteiger partial charge is 0.573 e. The summed E-state index contributed by atoms with van der Waals surface area (Å²) in [6, 6.07) is 9.09. The van der Waals surface area contributed by atoms with Gasteiger partial charge in [0.1, 0.15) is 5.75 Å². The number of para-hydroxylation sites is 1. The topological polar surface area (TPSA) is 67.4 Å². The van der Waals surface area contributed by atoms with Crippen LogP contribution in [0, 0.1) is 0 Å². The van der Waals surface area contributed by atoms with E-state index in [4.69, 9.17) is 0 Å². The normalized spacial score (nSPS) is 11.0. The van der Waals surface area contributed by atoms with E-state index in [1.165, 1.54) is 29.5 Å². The number of ether oxygens (including phenoxy) is 1. The molecule has 1 heterocycles. The van der Waals surface area contributed by atoms with Crippen molar-refractivity contribution in [2.24, 2.45) is 0 Å². The summed E-state index contributed by atoms with van der Waals surface area (Å²) in [7, 11) is 0. The standard InChI is InChI=1S/C17H17F3N2O3S/c18-17(19,20)25-13-6-2-1-5-12(13)11-22-15(23)8-3-9-21-16(24)14-7-4-10-26-14/h1-2,4-7,10H,3,8-9,11H2,(H,21,24)(H,22,23). The predicted molar refractivity (Wildman–Crippen MR) is 90.9 cm³/mol. The smallest absolute Gasteiger partial charge is 0.405 e. The van der Waals surface area contributed by atoms with E-state index < -0.39 is 6.36 Å². The fourth-order valence-corrected chi connectivity index (χ4v) is 2.74. The summed E-state index contributed by atoms with van der Waals surface area (Å²) in [5, 5.41) is 7.03. The second kappa shape index (κ2) is 9.23. The van der Waals surface area contributed by atoms with Crippen LogP contribution >= 0.6 is 11.3 Å². The molecule has 26 heavy (non-hydrogen) atoms. The van der Waals surface area contributed by atoms with E-state index in [1.54, 1.807) is 23.6 Å². The van der Waals surface area contributed by atoms with Gasteiger partial charge in [-0.3, -0.25) is 9.59 Å². The number of benzene rings is 1. The third-order valence-corrected chi connectivity index (χ3v) is 4.15. The minimum atomic E-state index is -4.79. The second-order valence-electron chi connectivity index (χ2n) is 5.27. The first-order valence-corrected chi connectivity index (χ1v) is 8.65. The molecule has 0 spiro atoms. The summed E-state index contributed by atoms with van der Waals surface area (Å²) in [6.45, 7) is 0.255. The average Bonchev–Trinajstić information content (AvgIpc) is 3.11. The van der Waals surface area contributed by atoms with E-state index in [-0.39, 0.29) is 36.1 Å². The van der Waals surface area contributed by atoms with Gasteiger partial charge < -0.3 is 15.4 Å². The Morgan fingerprint density at radius 1 is 1.08 bits per heavy atom. The molecule has 0 bridgehead atoms. The van der Waals surface area contributed by atoms with E-state index in [0.717, 1.165) is 0 Å². The van der Waals surface area contributed by atoms with Crippen molar-refractivity contribution < 1.29 is 27.5 Å². The Kier molecular flexibility index (Phi) is 7.02. The molecule has 2 amide bonds. The highest BCUT2D eigenvalue weighted by molar-refractivity contribution is 7.12. The fraction of sp³-hybridized carbons (Fsp3) is 0.294. The lowest BCUT2D eigenvalue weighted by Gasteiger charge is -2.13. The van der Waals surface area contributed by atoms with Crippen LogP contribution in [-0.4, -0.2) is 24.7 Å². The van der Waals surface area contributed by atoms with E-state index in [1.807, 2.05) is 0 Å². The van der Waals surface area contributed by atoms with Gasteiger partial charge in [0.2, 0.25) is 5.91 Å². The Morgan fingerprint density at radius 2 is 1.85 bits per heavy atom. The van der Waals surface area contributed by atoms with Gasteiger partial charge in [0.05, 0.1) is 4.88 Å². The van der Waals surface area contributed by atoms with Crippen LogP contribution in [-0.2, 0) is 11.3 Å². The lowest BCUT2D eigenvalue weighted by molar-refractivity contribution is -0.274. The minimum absolute atomic E-state index is 0.0767. The number of amides is 2. The summed E-state index contributed by atoms with van der Waals surface area (Å²) in [4.78, 5) is 24.1. The van der Waals surface area contributed by atoms with Gasteiger partial charge in [0.25, 0.3) is 5.91 Å². The van der Waals surface area contributed by atoms with Crippen molar-refractivity contribution in [3.05, 3.63) is 52.2 Å². The molecule has 5 nitrogen and oxygen atoms in total. The van der Waals surface area contributed by atoms with Gasteiger partial charge in [-0.25, -0.2) is 0 Å². The molecule has 0 unspecified atom stereocenters. The van der Waals surface area contributed by atoms with Crippen LogP contribution < -0.4 is 15.4 Å². The number of thiophene rings is 1. The van der Waals surface area contributed by atoms with Gasteiger partial charge in [0, 0.05) is 25.1 Å². The maximum absolute atomic E-state index is 12.3. The SMILES string of the molecule is O=C(CCCNC(=O)c1cccs1)NCc1ccccc1OC(F)(F)F. The van der Waals surface area contributed by atoms with Gasteiger partial charge in [-0.05, 0) is 23.9 Å². The average molecular weight is 386 g/mol. The van der Waals surface area contributed by atoms with Crippen LogP contribution in [0.4, 0.5) is 13.2 Å². The van der Waals surface area contributed by atoms with Crippen molar-refractivity contribution in [1.82, 2.24) is 10.6 Å². The predicted octanol–water partition coefficient (Wildman–Crippen LogP) is 3.47. The zero-order valence-electron chi connectivity index (χ0n) is 13.6. The quantitative estimate of drug-likeness (QED) is 0.683. The molecule has 0 aliphatic rings. The molecule has 9 heteroatoms. The highest BCUT2D eigenvalue weighted by Gasteiger charge is 2.31. The summed E-state index contributed by atoms with van der Waals surface area (Å²) in [5.74, 6) is -0.862. The summed E-state index contributed by atoms with van der Waals surface area (Å²) >= 11 is 1.32. The zero-order chi connectivity index (χ0) is 19.0. The summed E-state index contributed by atoms with van der Waals surface area (Å²) in [6.07, 6.45) is -4.22. The molecule has 2 aromatic rings. The van der Waals surface area contributed by atoms with Gasteiger partial charge in [-0.1, -0.05) is 24.3 Å². The molecule has 2 rings (SSSR count). The molecule has 0 radical (unpaired) electrons. The number of nitrogens with one attached hydrogen (secondary N) is 2. The Morgan fingerprint density at radius 3 is 2.54 bits per heavy atom. The van der Waals surface area contributed by atoms with Crippen LogP contribution in [0.2, 0.25) is 0 Å². The lowest BCUT2D eigenvalue weighted by Crippen LogP contribution is -2.27. The fourth-order valence-electron chi connectivity index (χ4n) is 2.10. The van der Waals surface area contributed by atoms with Crippen molar-refractivity contribution in [1.29, 1.82) is 0 Å². The van der Waals surface area contributed by atoms with E-state index in [0.29, 0.717) is 17.8 Å². The first kappa shape index (κ1) is 19.8. The molecule has 0 saturated heterocycles. The molecule has 0 fully saturated rings. The maximum atomic E-state index is 12.3. The summed E-state index contributed by atoms with van der Waals surface area (Å²) < 4.78 is 41.0. The Balaban J connectivity index is 1.71. The number of hydrogen-bond donors (Lipinski definition) is 2. The Hall–Kier alpha value is -2.55. The maximum Gasteiger partial charge on any atom is 0.573 e. The van der Waals surface area contributed by atoms with Crippen LogP contribution in [0.1, 0.15) is 28.1 Å². The molecule has 140 valence electrons. The van der Waals surface area contributed by atoms with Crippen molar-refractivity contribution >= 4 is 23.2 Å². The third-order valence-electron chi connectivity index (χ3n) is 3.29. The van der Waals surface area contributed by atoms with Crippen LogP contribution in [0.3, 0.4) is 0 Å². The Bertz CT molecular complexity index is 733. The van der Waals surface area contributed by atoms with E-state index in [2.05, 4.69) is 15.4 Å². The van der Waals surface area contributed by atoms with Crippen LogP contribution in [0.15, 0.2) is 41.8 Å². The number of rotatable bonds is 8. The summed E-state index contributed by atoms with van der Waals surface area (Å²) in [5.41, 5.74) is 0.226. The minimum Gasteiger partial charge on any atom is -0.405 e. The highest BCUT2D eigenvalue weighted by atomic mass is 32.1. The monoisotopic (exact) mass is 386 g/mol. The molecule has 0 atom stereocenters. The first-order chi connectivity index (χ1) is 12.3. The third kappa shape index (κ3) is 6.75. The van der Waals surface area contributed by atoms with E-state index >= 15 is 0 Å². The van der Waals surface area contributed by atoms with Gasteiger partial charge in [-0.15, -0.1) is 24.5 Å². The van der Waals surface area contributed by atoms with E-state index in [9.17, 15) is 22.8 Å². The van der Waals surface area contributed by atoms with Crippen molar-refractivity contribution in [2.75, 3.05) is 6.54 Å². The number of carbonyl (C=O) groups is 2. The van der Waals surface area contributed by atoms with Crippen LogP contribution in [0.25, 0.3) is 0 Å². The molecular formula is C17H17F3N2O3S. The van der Waals surface area contributed by atoms with Crippen LogP contribution in [0.5, 0.6) is 5.75 Å². The van der Waals surface area contributed by atoms with Crippen molar-refractivity contribution in [3.8, 4) is 5.75 Å². The number of halogens is 3. The first-order valence-electron chi connectivity index (χ1n) is 7.77. The Labute approximate surface area is 152 Å². The number of carbonyl (C=O) groups excluding carboxylic acids is 2. The highest BCUT2D eigenvalue weighted by Crippen LogP contribution is 2.26.